The second-order valence-corrected chi connectivity index (χ2v) is 3.89. The van der Waals surface area contributed by atoms with Gasteiger partial charge < -0.3 is 10.6 Å². The minimum Gasteiger partial charge on any atom is -0.332 e. The Balaban J connectivity index is 2.78. The average molecular weight is 264 g/mol. The zero-order valence-corrected chi connectivity index (χ0v) is 10.1. The highest BCUT2D eigenvalue weighted by atomic mass is 19.4. The Morgan fingerprint density at radius 3 is 2.61 bits per heavy atom. The van der Waals surface area contributed by atoms with Crippen LogP contribution in [0.3, 0.4) is 0 Å². The number of likely N-dealkylation sites (N-methyl/N-ethyl adjacent to an activating group) is 1. The van der Waals surface area contributed by atoms with Crippen LogP contribution in [0.4, 0.5) is 13.2 Å². The lowest BCUT2D eigenvalue weighted by molar-refractivity contribution is -0.161. The first-order chi connectivity index (χ1) is 8.24. The molecule has 1 rings (SSSR count). The van der Waals surface area contributed by atoms with Crippen molar-refractivity contribution in [3.63, 3.8) is 0 Å². The van der Waals surface area contributed by atoms with Crippen molar-refractivity contribution >= 4 is 5.91 Å². The molecule has 0 aliphatic heterocycles. The third-order valence-corrected chi connectivity index (χ3v) is 2.41. The summed E-state index contributed by atoms with van der Waals surface area (Å²) in [5.74, 6) is -0.761. The Morgan fingerprint density at radius 1 is 1.61 bits per heavy atom. The fraction of sp³-hybridized carbons (Fsp3) is 0.600. The van der Waals surface area contributed by atoms with Crippen molar-refractivity contribution in [3.05, 3.63) is 18.0 Å². The van der Waals surface area contributed by atoms with Crippen molar-refractivity contribution in [2.45, 2.75) is 19.1 Å². The highest BCUT2D eigenvalue weighted by Crippen LogP contribution is 2.19. The van der Waals surface area contributed by atoms with Crippen LogP contribution in [0.1, 0.15) is 18.5 Å². The summed E-state index contributed by atoms with van der Waals surface area (Å²) in [5, 5.41) is 3.82. The van der Waals surface area contributed by atoms with E-state index in [1.807, 2.05) is 0 Å². The molecule has 102 valence electrons. The van der Waals surface area contributed by atoms with Crippen molar-refractivity contribution in [1.82, 2.24) is 14.7 Å². The van der Waals surface area contributed by atoms with Crippen LogP contribution < -0.4 is 5.73 Å². The normalized spacial score (nSPS) is 13.4. The van der Waals surface area contributed by atoms with Crippen molar-refractivity contribution in [1.29, 1.82) is 0 Å². The third-order valence-electron chi connectivity index (χ3n) is 2.41. The van der Waals surface area contributed by atoms with E-state index in [4.69, 9.17) is 5.73 Å². The van der Waals surface area contributed by atoms with Gasteiger partial charge in [0.15, 0.2) is 0 Å². The molecule has 1 atom stereocenters. The van der Waals surface area contributed by atoms with Gasteiger partial charge in [-0.1, -0.05) is 0 Å². The number of nitrogens with two attached hydrogens (primary N) is 1. The van der Waals surface area contributed by atoms with Gasteiger partial charge in [-0.3, -0.25) is 9.48 Å². The van der Waals surface area contributed by atoms with E-state index in [0.29, 0.717) is 10.5 Å². The number of amides is 1. The van der Waals surface area contributed by atoms with Gasteiger partial charge in [0.05, 0.1) is 6.20 Å². The molecule has 8 heteroatoms. The zero-order chi connectivity index (χ0) is 13.9. The predicted molar refractivity (Wildman–Crippen MR) is 58.4 cm³/mol. The van der Waals surface area contributed by atoms with Crippen LogP contribution in [0, 0.1) is 0 Å². The van der Waals surface area contributed by atoms with Gasteiger partial charge in [0, 0.05) is 25.4 Å². The second-order valence-electron chi connectivity index (χ2n) is 3.89. The molecule has 0 saturated carbocycles. The molecule has 1 aromatic rings. The number of aryl methyl sites for hydroxylation is 1. The van der Waals surface area contributed by atoms with E-state index in [2.05, 4.69) is 5.10 Å². The summed E-state index contributed by atoms with van der Waals surface area (Å²) in [6.07, 6.45) is -1.56. The molecule has 1 aromatic heterocycles. The first kappa shape index (κ1) is 14.5. The zero-order valence-electron chi connectivity index (χ0n) is 10.1. The van der Waals surface area contributed by atoms with Crippen LogP contribution in [0.25, 0.3) is 0 Å². The fourth-order valence-electron chi connectivity index (χ4n) is 1.50. The molecule has 18 heavy (non-hydrogen) atoms. The molecule has 5 nitrogen and oxygen atoms in total. The van der Waals surface area contributed by atoms with E-state index >= 15 is 0 Å². The van der Waals surface area contributed by atoms with Gasteiger partial charge in [-0.15, -0.1) is 0 Å². The molecular formula is C10H15F3N4O. The third kappa shape index (κ3) is 3.73. The van der Waals surface area contributed by atoms with E-state index in [1.54, 1.807) is 7.05 Å². The van der Waals surface area contributed by atoms with Crippen LogP contribution in [0.2, 0.25) is 0 Å². The Morgan fingerprint density at radius 2 is 2.22 bits per heavy atom. The minimum atomic E-state index is -4.43. The standard InChI is InChI=1S/C10H15F3N4O/c1-3-17(6-10(11,12)13)9(18)8(14)7-4-15-16(2)5-7/h4-5,8H,3,6,14H2,1-2H3. The summed E-state index contributed by atoms with van der Waals surface area (Å²) in [7, 11) is 1.63. The number of hydrogen-bond donors (Lipinski definition) is 1. The molecule has 0 radical (unpaired) electrons. The van der Waals surface area contributed by atoms with Crippen molar-refractivity contribution in [2.75, 3.05) is 13.1 Å². The number of halogens is 3. The Bertz CT molecular complexity index is 416. The van der Waals surface area contributed by atoms with Crippen LogP contribution in [-0.2, 0) is 11.8 Å². The maximum absolute atomic E-state index is 12.3. The van der Waals surface area contributed by atoms with Gasteiger partial charge in [-0.2, -0.15) is 18.3 Å². The van der Waals surface area contributed by atoms with E-state index < -0.39 is 24.7 Å². The predicted octanol–water partition coefficient (Wildman–Crippen LogP) is 0.831. The first-order valence-electron chi connectivity index (χ1n) is 5.34. The number of hydrogen-bond acceptors (Lipinski definition) is 3. The lowest BCUT2D eigenvalue weighted by Crippen LogP contribution is -2.43. The average Bonchev–Trinajstić information content (AvgIpc) is 2.69. The van der Waals surface area contributed by atoms with Crippen LogP contribution in [0.5, 0.6) is 0 Å². The van der Waals surface area contributed by atoms with Gasteiger partial charge in [0.1, 0.15) is 12.6 Å². The lowest BCUT2D eigenvalue weighted by Gasteiger charge is -2.24. The monoisotopic (exact) mass is 264 g/mol. The molecule has 0 aromatic carbocycles. The molecule has 1 heterocycles. The summed E-state index contributed by atoms with van der Waals surface area (Å²) in [6, 6.07) is -1.12. The van der Waals surface area contributed by atoms with Crippen LogP contribution in [0.15, 0.2) is 12.4 Å². The number of aromatic nitrogens is 2. The van der Waals surface area contributed by atoms with Gasteiger partial charge in [-0.25, -0.2) is 0 Å². The Hall–Kier alpha value is -1.57. The maximum Gasteiger partial charge on any atom is 0.406 e. The van der Waals surface area contributed by atoms with Crippen molar-refractivity contribution in [2.24, 2.45) is 12.8 Å². The second kappa shape index (κ2) is 5.38. The molecule has 0 saturated heterocycles. The smallest absolute Gasteiger partial charge is 0.332 e. The molecule has 1 amide bonds. The Kier molecular flexibility index (Phi) is 4.33. The van der Waals surface area contributed by atoms with E-state index in [-0.39, 0.29) is 6.54 Å². The summed E-state index contributed by atoms with van der Waals surface area (Å²) in [6.45, 7) is 0.127. The molecule has 2 N–H and O–H groups in total. The van der Waals surface area contributed by atoms with Gasteiger partial charge >= 0.3 is 6.18 Å². The SMILES string of the molecule is CCN(CC(F)(F)F)C(=O)C(N)c1cnn(C)c1. The largest absolute Gasteiger partial charge is 0.406 e. The number of carbonyl (C=O) groups excluding carboxylic acids is 1. The number of carbonyl (C=O) groups is 1. The van der Waals surface area contributed by atoms with Crippen molar-refractivity contribution in [3.8, 4) is 0 Å². The van der Waals surface area contributed by atoms with Gasteiger partial charge in [0.25, 0.3) is 0 Å². The number of alkyl halides is 3. The molecule has 0 fully saturated rings. The Labute approximate surface area is 102 Å². The van der Waals surface area contributed by atoms with Gasteiger partial charge in [0.2, 0.25) is 5.91 Å². The van der Waals surface area contributed by atoms with Gasteiger partial charge in [-0.05, 0) is 6.92 Å². The maximum atomic E-state index is 12.3. The molecule has 0 bridgehead atoms. The molecule has 0 spiro atoms. The van der Waals surface area contributed by atoms with Crippen molar-refractivity contribution < 1.29 is 18.0 Å². The topological polar surface area (TPSA) is 64.2 Å². The van der Waals surface area contributed by atoms with E-state index in [0.717, 1.165) is 0 Å². The summed E-state index contributed by atoms with van der Waals surface area (Å²) in [4.78, 5) is 12.5. The molecule has 0 aliphatic carbocycles. The molecule has 0 aliphatic rings. The molecule has 1 unspecified atom stereocenters. The summed E-state index contributed by atoms with van der Waals surface area (Å²) in [5.41, 5.74) is 6.03. The first-order valence-corrected chi connectivity index (χ1v) is 5.34. The lowest BCUT2D eigenvalue weighted by atomic mass is 10.1. The van der Waals surface area contributed by atoms with Crippen LogP contribution in [-0.4, -0.2) is 39.9 Å². The highest BCUT2D eigenvalue weighted by Gasteiger charge is 2.34. The minimum absolute atomic E-state index is 0.0493. The highest BCUT2D eigenvalue weighted by molar-refractivity contribution is 5.82. The van der Waals surface area contributed by atoms with E-state index in [1.165, 1.54) is 24.0 Å². The quantitative estimate of drug-likeness (QED) is 0.876. The fourth-order valence-corrected chi connectivity index (χ4v) is 1.50. The number of nitrogens with zero attached hydrogens (tertiary/aromatic N) is 3. The summed E-state index contributed by atoms with van der Waals surface area (Å²) < 4.78 is 38.2. The number of rotatable bonds is 4. The van der Waals surface area contributed by atoms with E-state index in [9.17, 15) is 18.0 Å². The summed E-state index contributed by atoms with van der Waals surface area (Å²) >= 11 is 0. The van der Waals surface area contributed by atoms with Crippen LogP contribution >= 0.6 is 0 Å². The molecular weight excluding hydrogens is 249 g/mol.